The molecule has 1 heterocycles. The van der Waals surface area contributed by atoms with Crippen LogP contribution in [0.15, 0.2) is 18.2 Å². The summed E-state index contributed by atoms with van der Waals surface area (Å²) in [5.41, 5.74) is -0.129. The van der Waals surface area contributed by atoms with Crippen LogP contribution in [0.3, 0.4) is 0 Å². The molecule has 0 bridgehead atoms. The molecule has 5 nitrogen and oxygen atoms in total. The van der Waals surface area contributed by atoms with Gasteiger partial charge in [0.1, 0.15) is 11.4 Å². The van der Waals surface area contributed by atoms with Gasteiger partial charge >= 0.3 is 13.2 Å². The molecule has 1 fully saturated rings. The molecule has 1 atom stereocenters. The Morgan fingerprint density at radius 2 is 2.09 bits per heavy atom. The topological polar surface area (TPSA) is 70.0 Å². The predicted molar refractivity (Wildman–Crippen MR) is 81.1 cm³/mol. The van der Waals surface area contributed by atoms with Crippen molar-refractivity contribution in [3.05, 3.63) is 29.6 Å². The summed E-state index contributed by atoms with van der Waals surface area (Å²) in [6, 6.07) is 3.95. The van der Waals surface area contributed by atoms with Gasteiger partial charge in [-0.1, -0.05) is 12.1 Å². The van der Waals surface area contributed by atoms with E-state index in [2.05, 4.69) is 0 Å². The lowest BCUT2D eigenvalue weighted by Gasteiger charge is -2.29. The molecule has 0 aliphatic carbocycles. The maximum Gasteiger partial charge on any atom is 0.491 e. The molecule has 0 aromatic heterocycles. The third kappa shape index (κ3) is 3.78. The van der Waals surface area contributed by atoms with E-state index >= 15 is 0 Å². The molecule has 22 heavy (non-hydrogen) atoms. The average Bonchev–Trinajstić information content (AvgIpc) is 2.85. The van der Waals surface area contributed by atoms with Crippen molar-refractivity contribution in [3.63, 3.8) is 0 Å². The minimum atomic E-state index is -1.85. The number of carbonyl (C=O) groups is 1. The van der Waals surface area contributed by atoms with Crippen molar-refractivity contribution in [1.82, 2.24) is 4.90 Å². The summed E-state index contributed by atoms with van der Waals surface area (Å²) in [5.74, 6) is -0.691. The molecule has 1 aromatic rings. The SMILES string of the molecule is CC(C)(C)OC(=O)N1CCCC1c1ccc(B(O)O)c(F)c1. The van der Waals surface area contributed by atoms with Gasteiger partial charge in [0, 0.05) is 12.0 Å². The van der Waals surface area contributed by atoms with Gasteiger partial charge in [-0.3, -0.25) is 0 Å². The Morgan fingerprint density at radius 3 is 2.64 bits per heavy atom. The zero-order chi connectivity index (χ0) is 16.5. The van der Waals surface area contributed by atoms with Gasteiger partial charge in [-0.2, -0.15) is 0 Å². The van der Waals surface area contributed by atoms with Gasteiger partial charge in [0.25, 0.3) is 0 Å². The summed E-state index contributed by atoms with van der Waals surface area (Å²) >= 11 is 0. The summed E-state index contributed by atoms with van der Waals surface area (Å²) in [7, 11) is -1.85. The monoisotopic (exact) mass is 309 g/mol. The van der Waals surface area contributed by atoms with Crippen molar-refractivity contribution in [2.24, 2.45) is 0 Å². The molecule has 1 aromatic carbocycles. The van der Waals surface area contributed by atoms with Crippen LogP contribution in [0, 0.1) is 5.82 Å². The van der Waals surface area contributed by atoms with Crippen molar-refractivity contribution in [1.29, 1.82) is 0 Å². The number of nitrogens with zero attached hydrogens (tertiary/aromatic N) is 1. The van der Waals surface area contributed by atoms with E-state index in [1.54, 1.807) is 31.7 Å². The third-order valence-electron chi connectivity index (χ3n) is 3.57. The second kappa shape index (κ2) is 6.26. The largest absolute Gasteiger partial charge is 0.491 e. The molecule has 0 spiro atoms. The Labute approximate surface area is 129 Å². The molecule has 2 rings (SSSR count). The van der Waals surface area contributed by atoms with Gasteiger partial charge in [0.15, 0.2) is 0 Å². The Hall–Kier alpha value is -1.60. The number of benzene rings is 1. The number of amides is 1. The van der Waals surface area contributed by atoms with Crippen LogP contribution in [0.2, 0.25) is 0 Å². The first-order valence-corrected chi connectivity index (χ1v) is 7.34. The highest BCUT2D eigenvalue weighted by atomic mass is 19.1. The molecule has 0 saturated carbocycles. The molecule has 1 unspecified atom stereocenters. The van der Waals surface area contributed by atoms with Gasteiger partial charge in [-0.05, 0) is 45.2 Å². The number of hydrogen-bond acceptors (Lipinski definition) is 4. The third-order valence-corrected chi connectivity index (χ3v) is 3.57. The zero-order valence-corrected chi connectivity index (χ0v) is 13.0. The van der Waals surface area contributed by atoms with Crippen LogP contribution >= 0.6 is 0 Å². The second-order valence-corrected chi connectivity index (χ2v) is 6.49. The number of hydrogen-bond donors (Lipinski definition) is 2. The van der Waals surface area contributed by atoms with E-state index in [4.69, 9.17) is 14.8 Å². The lowest BCUT2D eigenvalue weighted by molar-refractivity contribution is 0.0224. The highest BCUT2D eigenvalue weighted by Crippen LogP contribution is 2.33. The van der Waals surface area contributed by atoms with Crippen molar-refractivity contribution in [2.75, 3.05) is 6.54 Å². The van der Waals surface area contributed by atoms with E-state index in [-0.39, 0.29) is 11.5 Å². The normalized spacial score (nSPS) is 18.5. The van der Waals surface area contributed by atoms with E-state index in [0.29, 0.717) is 12.1 Å². The van der Waals surface area contributed by atoms with E-state index in [0.717, 1.165) is 12.8 Å². The highest BCUT2D eigenvalue weighted by Gasteiger charge is 2.33. The summed E-state index contributed by atoms with van der Waals surface area (Å²) in [5, 5.41) is 18.1. The standard InChI is InChI=1S/C15H21BFNO4/c1-15(2,3)22-14(19)18-8-4-5-13(18)10-6-7-11(16(20)21)12(17)9-10/h6-7,9,13,20-21H,4-5,8H2,1-3H3. The molecule has 1 amide bonds. The van der Waals surface area contributed by atoms with Crippen LogP contribution in [-0.4, -0.2) is 40.3 Å². The van der Waals surface area contributed by atoms with Gasteiger partial charge in [0.05, 0.1) is 6.04 Å². The number of carbonyl (C=O) groups excluding carboxylic acids is 1. The van der Waals surface area contributed by atoms with Crippen molar-refractivity contribution >= 4 is 18.7 Å². The second-order valence-electron chi connectivity index (χ2n) is 6.49. The number of halogens is 1. The summed E-state index contributed by atoms with van der Waals surface area (Å²) < 4.78 is 19.3. The molecular formula is C15H21BFNO4. The van der Waals surface area contributed by atoms with Gasteiger partial charge in [-0.25, -0.2) is 9.18 Å². The Kier molecular flexibility index (Phi) is 4.77. The van der Waals surface area contributed by atoms with Crippen molar-refractivity contribution < 1.29 is 24.0 Å². The molecule has 7 heteroatoms. The first kappa shape index (κ1) is 16.8. The Morgan fingerprint density at radius 1 is 1.41 bits per heavy atom. The quantitative estimate of drug-likeness (QED) is 0.814. The van der Waals surface area contributed by atoms with Crippen LogP contribution in [0.25, 0.3) is 0 Å². The van der Waals surface area contributed by atoms with E-state index in [9.17, 15) is 9.18 Å². The molecule has 1 aliphatic heterocycles. The minimum absolute atomic E-state index is 0.175. The van der Waals surface area contributed by atoms with Crippen LogP contribution in [0.5, 0.6) is 0 Å². The fourth-order valence-electron chi connectivity index (χ4n) is 2.61. The lowest BCUT2D eigenvalue weighted by atomic mass is 9.79. The molecule has 120 valence electrons. The van der Waals surface area contributed by atoms with Crippen LogP contribution in [0.4, 0.5) is 9.18 Å². The lowest BCUT2D eigenvalue weighted by Crippen LogP contribution is -2.37. The number of ether oxygens (including phenoxy) is 1. The summed E-state index contributed by atoms with van der Waals surface area (Å²) in [6.45, 7) is 5.96. The molecule has 1 saturated heterocycles. The fourth-order valence-corrected chi connectivity index (χ4v) is 2.61. The summed E-state index contributed by atoms with van der Waals surface area (Å²) in [4.78, 5) is 13.8. The average molecular weight is 309 g/mol. The maximum absolute atomic E-state index is 13.9. The van der Waals surface area contributed by atoms with Crippen LogP contribution in [0.1, 0.15) is 45.2 Å². The van der Waals surface area contributed by atoms with E-state index in [1.807, 2.05) is 0 Å². The van der Waals surface area contributed by atoms with Crippen molar-refractivity contribution in [3.8, 4) is 0 Å². The number of rotatable bonds is 2. The van der Waals surface area contributed by atoms with Gasteiger partial charge in [-0.15, -0.1) is 0 Å². The van der Waals surface area contributed by atoms with Crippen LogP contribution < -0.4 is 5.46 Å². The molecular weight excluding hydrogens is 288 g/mol. The molecule has 2 N–H and O–H groups in total. The van der Waals surface area contributed by atoms with Gasteiger partial charge < -0.3 is 19.7 Å². The van der Waals surface area contributed by atoms with E-state index < -0.39 is 24.6 Å². The molecule has 0 radical (unpaired) electrons. The predicted octanol–water partition coefficient (Wildman–Crippen LogP) is 1.58. The summed E-state index contributed by atoms with van der Waals surface area (Å²) in [6.07, 6.45) is 1.12. The Bertz CT molecular complexity index is 559. The first-order valence-electron chi connectivity index (χ1n) is 7.34. The highest BCUT2D eigenvalue weighted by molar-refractivity contribution is 6.58. The fraction of sp³-hybridized carbons (Fsp3) is 0.533. The first-order chi connectivity index (χ1) is 10.2. The maximum atomic E-state index is 13.9. The minimum Gasteiger partial charge on any atom is -0.444 e. The Balaban J connectivity index is 2.20. The number of likely N-dealkylation sites (tertiary alicyclic amines) is 1. The van der Waals surface area contributed by atoms with Gasteiger partial charge in [0.2, 0.25) is 0 Å². The van der Waals surface area contributed by atoms with E-state index in [1.165, 1.54) is 12.1 Å². The van der Waals surface area contributed by atoms with Crippen molar-refractivity contribution in [2.45, 2.75) is 45.3 Å². The molecule has 1 aliphatic rings. The zero-order valence-electron chi connectivity index (χ0n) is 13.0. The van der Waals surface area contributed by atoms with Crippen LogP contribution in [-0.2, 0) is 4.74 Å². The smallest absolute Gasteiger partial charge is 0.444 e.